The Balaban J connectivity index is 2.03. The van der Waals surface area contributed by atoms with Gasteiger partial charge in [-0.25, -0.2) is 0 Å². The Labute approximate surface area is 127 Å². The molecule has 1 amide bonds. The zero-order chi connectivity index (χ0) is 15.2. The van der Waals surface area contributed by atoms with E-state index in [1.165, 1.54) is 4.90 Å². The predicted octanol–water partition coefficient (Wildman–Crippen LogP) is 0.146. The van der Waals surface area contributed by atoms with Crippen LogP contribution in [-0.2, 0) is 4.79 Å². The molecule has 1 heterocycles. The lowest BCUT2D eigenvalue weighted by molar-refractivity contribution is -0.904. The molecule has 0 aromatic heterocycles. The molecule has 4 nitrogen and oxygen atoms in total. The molecule has 21 heavy (non-hydrogen) atoms. The summed E-state index contributed by atoms with van der Waals surface area (Å²) in [5, 5.41) is 9.00. The lowest BCUT2D eigenvalue weighted by Crippen LogP contribution is -3.15. The van der Waals surface area contributed by atoms with Gasteiger partial charge >= 0.3 is 0 Å². The normalized spacial score (nSPS) is 18.0. The van der Waals surface area contributed by atoms with Crippen molar-refractivity contribution in [3.63, 3.8) is 0 Å². The highest BCUT2D eigenvalue weighted by Gasteiger charge is 2.31. The summed E-state index contributed by atoms with van der Waals surface area (Å²) in [4.78, 5) is 16.3. The van der Waals surface area contributed by atoms with Gasteiger partial charge in [0.1, 0.15) is 6.54 Å². The maximum atomic E-state index is 12.9. The molecule has 2 N–H and O–H groups in total. The number of aliphatic hydroxyl groups excluding tert-OH is 1. The second-order valence-corrected chi connectivity index (χ2v) is 6.18. The van der Waals surface area contributed by atoms with Crippen molar-refractivity contribution in [2.75, 3.05) is 39.3 Å². The predicted molar refractivity (Wildman–Crippen MR) is 83.3 cm³/mol. The van der Waals surface area contributed by atoms with Gasteiger partial charge in [0.2, 0.25) is 5.91 Å². The number of carbonyl (C=O) groups excluding carboxylic acids is 1. The number of nitrogens with one attached hydrogen (secondary N) is 1. The fraction of sp³-hybridized carbons (Fsp3) is 0.588. The van der Waals surface area contributed by atoms with Crippen LogP contribution in [0.2, 0.25) is 0 Å². The van der Waals surface area contributed by atoms with Crippen molar-refractivity contribution >= 4 is 5.91 Å². The summed E-state index contributed by atoms with van der Waals surface area (Å²) >= 11 is 0. The number of amides is 1. The molecule has 0 unspecified atom stereocenters. The molecule has 0 saturated carbocycles. The van der Waals surface area contributed by atoms with Crippen LogP contribution in [0.25, 0.3) is 0 Å². The molecule has 1 atom stereocenters. The monoisotopic (exact) mass is 291 g/mol. The zero-order valence-electron chi connectivity index (χ0n) is 13.1. The zero-order valence-corrected chi connectivity index (χ0v) is 13.1. The molecule has 1 aromatic rings. The summed E-state index contributed by atoms with van der Waals surface area (Å²) in [6, 6.07) is 10.1. The third-order valence-electron chi connectivity index (χ3n) is 4.34. The second-order valence-electron chi connectivity index (χ2n) is 6.18. The van der Waals surface area contributed by atoms with Gasteiger partial charge in [0.25, 0.3) is 0 Å². The molecule has 2 rings (SSSR count). The van der Waals surface area contributed by atoms with E-state index in [0.29, 0.717) is 5.92 Å². The highest BCUT2D eigenvalue weighted by atomic mass is 16.3. The Hall–Kier alpha value is -1.39. The van der Waals surface area contributed by atoms with Gasteiger partial charge in [-0.15, -0.1) is 0 Å². The minimum absolute atomic E-state index is 0.0504. The van der Waals surface area contributed by atoms with Crippen LogP contribution in [-0.4, -0.2) is 55.2 Å². The minimum atomic E-state index is -0.0504. The molecule has 116 valence electrons. The van der Waals surface area contributed by atoms with Gasteiger partial charge in [0.05, 0.1) is 38.7 Å². The summed E-state index contributed by atoms with van der Waals surface area (Å²) in [6.07, 6.45) is 0. The van der Waals surface area contributed by atoms with Gasteiger partial charge in [0, 0.05) is 0 Å². The van der Waals surface area contributed by atoms with Gasteiger partial charge in [-0.2, -0.15) is 0 Å². The van der Waals surface area contributed by atoms with Crippen LogP contribution < -0.4 is 4.90 Å². The van der Waals surface area contributed by atoms with E-state index in [9.17, 15) is 4.79 Å². The van der Waals surface area contributed by atoms with Crippen LogP contribution in [0.4, 0.5) is 0 Å². The van der Waals surface area contributed by atoms with Gasteiger partial charge in [-0.1, -0.05) is 44.2 Å². The average molecular weight is 291 g/mol. The maximum absolute atomic E-state index is 12.9. The van der Waals surface area contributed by atoms with Crippen molar-refractivity contribution in [1.82, 2.24) is 4.90 Å². The second kappa shape index (κ2) is 7.57. The van der Waals surface area contributed by atoms with E-state index < -0.39 is 0 Å². The minimum Gasteiger partial charge on any atom is -0.391 e. The molecular weight excluding hydrogens is 264 g/mol. The standard InChI is InChI=1S/C17H26N2O2/c1-14(2)16(15-6-4-3-5-7-15)17(21)19-10-8-18(9-11-19)12-13-20/h3-7,14,16,20H,8-13H2,1-2H3/p+1/t16-/m0/s1. The van der Waals surface area contributed by atoms with Gasteiger partial charge in [-0.3, -0.25) is 4.79 Å². The number of nitrogens with zero attached hydrogens (tertiary/aromatic N) is 1. The number of piperazine rings is 1. The summed E-state index contributed by atoms with van der Waals surface area (Å²) < 4.78 is 0. The van der Waals surface area contributed by atoms with Crippen molar-refractivity contribution in [3.05, 3.63) is 35.9 Å². The van der Waals surface area contributed by atoms with Crippen molar-refractivity contribution in [2.45, 2.75) is 19.8 Å². The molecular formula is C17H27N2O2+. The number of benzene rings is 1. The molecule has 0 spiro atoms. The molecule has 1 saturated heterocycles. The molecule has 1 fully saturated rings. The summed E-state index contributed by atoms with van der Waals surface area (Å²) in [7, 11) is 0. The van der Waals surface area contributed by atoms with E-state index in [2.05, 4.69) is 26.0 Å². The summed E-state index contributed by atoms with van der Waals surface area (Å²) in [5.74, 6) is 0.493. The highest BCUT2D eigenvalue weighted by molar-refractivity contribution is 5.84. The van der Waals surface area contributed by atoms with E-state index in [4.69, 9.17) is 5.11 Å². The third-order valence-corrected chi connectivity index (χ3v) is 4.34. The Morgan fingerprint density at radius 2 is 1.86 bits per heavy atom. The first kappa shape index (κ1) is 16.0. The quantitative estimate of drug-likeness (QED) is 0.811. The van der Waals surface area contributed by atoms with Crippen LogP contribution in [0.3, 0.4) is 0 Å². The van der Waals surface area contributed by atoms with Crippen LogP contribution in [0, 0.1) is 5.92 Å². The summed E-state index contributed by atoms with van der Waals surface area (Å²) in [6.45, 7) is 8.70. The molecule has 0 aliphatic carbocycles. The van der Waals surface area contributed by atoms with Crippen LogP contribution in [0.5, 0.6) is 0 Å². The molecule has 0 radical (unpaired) electrons. The van der Waals surface area contributed by atoms with Crippen molar-refractivity contribution in [2.24, 2.45) is 5.92 Å². The van der Waals surface area contributed by atoms with E-state index in [1.54, 1.807) is 0 Å². The number of hydrogen-bond donors (Lipinski definition) is 2. The topological polar surface area (TPSA) is 45.0 Å². The van der Waals surface area contributed by atoms with Crippen LogP contribution in [0.1, 0.15) is 25.3 Å². The van der Waals surface area contributed by atoms with Crippen molar-refractivity contribution in [1.29, 1.82) is 0 Å². The van der Waals surface area contributed by atoms with Crippen LogP contribution >= 0.6 is 0 Å². The first-order chi connectivity index (χ1) is 10.1. The SMILES string of the molecule is CC(C)[C@H](C(=O)N1CC[NH+](CCO)CC1)c1ccccc1. The third kappa shape index (κ3) is 4.05. The first-order valence-electron chi connectivity index (χ1n) is 7.91. The Morgan fingerprint density at radius 3 is 2.38 bits per heavy atom. The Morgan fingerprint density at radius 1 is 1.24 bits per heavy atom. The summed E-state index contributed by atoms with van der Waals surface area (Å²) in [5.41, 5.74) is 1.11. The van der Waals surface area contributed by atoms with E-state index >= 15 is 0 Å². The van der Waals surface area contributed by atoms with E-state index in [-0.39, 0.29) is 18.4 Å². The highest BCUT2D eigenvalue weighted by Crippen LogP contribution is 2.26. The van der Waals surface area contributed by atoms with Gasteiger partial charge in [0.15, 0.2) is 0 Å². The smallest absolute Gasteiger partial charge is 0.230 e. The maximum Gasteiger partial charge on any atom is 0.230 e. The Bertz CT molecular complexity index is 439. The van der Waals surface area contributed by atoms with E-state index in [0.717, 1.165) is 38.3 Å². The molecule has 1 aliphatic heterocycles. The first-order valence-corrected chi connectivity index (χ1v) is 7.91. The Kier molecular flexibility index (Phi) is 5.76. The molecule has 1 aliphatic rings. The van der Waals surface area contributed by atoms with Gasteiger partial charge < -0.3 is 14.9 Å². The number of quaternary nitrogens is 1. The lowest BCUT2D eigenvalue weighted by Gasteiger charge is -2.35. The lowest BCUT2D eigenvalue weighted by atomic mass is 9.87. The number of rotatable bonds is 5. The number of aliphatic hydroxyl groups is 1. The molecule has 4 heteroatoms. The van der Waals surface area contributed by atoms with Crippen molar-refractivity contribution < 1.29 is 14.8 Å². The molecule has 1 aromatic carbocycles. The fourth-order valence-electron chi connectivity index (χ4n) is 3.12. The number of hydrogen-bond acceptors (Lipinski definition) is 2. The average Bonchev–Trinajstić information content (AvgIpc) is 2.49. The van der Waals surface area contributed by atoms with Gasteiger partial charge in [-0.05, 0) is 11.5 Å². The van der Waals surface area contributed by atoms with Crippen molar-refractivity contribution in [3.8, 4) is 0 Å². The largest absolute Gasteiger partial charge is 0.391 e. The fourth-order valence-corrected chi connectivity index (χ4v) is 3.12. The van der Waals surface area contributed by atoms with Crippen LogP contribution in [0.15, 0.2) is 30.3 Å². The van der Waals surface area contributed by atoms with E-state index in [1.807, 2.05) is 23.1 Å². The number of carbonyl (C=O) groups is 1. The molecule has 0 bridgehead atoms.